The Kier molecular flexibility index (Phi) is 6.73. The van der Waals surface area contributed by atoms with E-state index < -0.39 is 5.25 Å². The molecule has 3 amide bonds. The van der Waals surface area contributed by atoms with Gasteiger partial charge in [0.2, 0.25) is 17.7 Å². The van der Waals surface area contributed by atoms with Gasteiger partial charge in [-0.2, -0.15) is 0 Å². The molecular formula is C27H32N4O3S. The van der Waals surface area contributed by atoms with Crippen molar-refractivity contribution in [2.45, 2.75) is 42.9 Å². The molecule has 0 bridgehead atoms. The van der Waals surface area contributed by atoms with Crippen LogP contribution in [0.2, 0.25) is 0 Å². The molecule has 2 fully saturated rings. The van der Waals surface area contributed by atoms with Crippen LogP contribution in [0.4, 0.5) is 11.4 Å². The number of likely N-dealkylation sites (tertiary alicyclic amines) is 1. The molecule has 3 aliphatic heterocycles. The number of piperidine rings is 1. The van der Waals surface area contributed by atoms with E-state index in [1.807, 2.05) is 29.2 Å². The third-order valence-electron chi connectivity index (χ3n) is 7.28. The predicted molar refractivity (Wildman–Crippen MR) is 139 cm³/mol. The van der Waals surface area contributed by atoms with Crippen LogP contribution in [-0.2, 0) is 14.4 Å². The number of para-hydroxylation sites is 1. The Hall–Kier alpha value is -3.00. The van der Waals surface area contributed by atoms with Crippen molar-refractivity contribution in [3.05, 3.63) is 54.1 Å². The zero-order valence-electron chi connectivity index (χ0n) is 20.3. The van der Waals surface area contributed by atoms with E-state index in [0.29, 0.717) is 39.0 Å². The summed E-state index contributed by atoms with van der Waals surface area (Å²) in [7, 11) is 0. The SMILES string of the molecule is Cc1cccc(N2CCN(C(=O)C3CCN(C(=O)[C@@H]4Sc5ccccc5NC4=O)CC3)C[C@H]2C)c1. The van der Waals surface area contributed by atoms with E-state index in [1.54, 1.807) is 4.90 Å². The van der Waals surface area contributed by atoms with Crippen LogP contribution in [0.25, 0.3) is 0 Å². The number of nitrogens with zero attached hydrogens (tertiary/aromatic N) is 3. The number of piperazine rings is 1. The molecule has 2 aromatic rings. The van der Waals surface area contributed by atoms with E-state index in [1.165, 1.54) is 23.0 Å². The molecule has 184 valence electrons. The van der Waals surface area contributed by atoms with Crippen molar-refractivity contribution in [1.82, 2.24) is 9.80 Å². The van der Waals surface area contributed by atoms with Crippen molar-refractivity contribution in [2.75, 3.05) is 42.9 Å². The Morgan fingerprint density at radius 3 is 2.46 bits per heavy atom. The van der Waals surface area contributed by atoms with Gasteiger partial charge in [-0.15, -0.1) is 11.8 Å². The summed E-state index contributed by atoms with van der Waals surface area (Å²) in [5, 5.41) is 2.08. The standard InChI is InChI=1S/C27H32N4O3S/c1-18-6-5-7-21(16-18)31-15-14-30(17-19(31)2)26(33)20-10-12-29(13-11-20)27(34)24-25(32)28-22-8-3-4-9-23(22)35-24/h3-9,16,19-20,24H,10-15,17H2,1-2H3,(H,28,32)/t19-,24-/m1/s1. The first-order chi connectivity index (χ1) is 16.9. The number of carbonyl (C=O) groups is 3. The first kappa shape index (κ1) is 23.7. The highest BCUT2D eigenvalue weighted by Crippen LogP contribution is 2.36. The highest BCUT2D eigenvalue weighted by molar-refractivity contribution is 8.01. The van der Waals surface area contributed by atoms with Gasteiger partial charge < -0.3 is 20.0 Å². The molecule has 8 heteroatoms. The Morgan fingerprint density at radius 2 is 1.71 bits per heavy atom. The summed E-state index contributed by atoms with van der Waals surface area (Å²) in [4.78, 5) is 46.0. The minimum absolute atomic E-state index is 0.0645. The lowest BCUT2D eigenvalue weighted by Gasteiger charge is -2.43. The van der Waals surface area contributed by atoms with Crippen LogP contribution < -0.4 is 10.2 Å². The summed E-state index contributed by atoms with van der Waals surface area (Å²) in [5.74, 6) is -0.289. The van der Waals surface area contributed by atoms with E-state index in [9.17, 15) is 14.4 Å². The van der Waals surface area contributed by atoms with Gasteiger partial charge >= 0.3 is 0 Å². The number of rotatable bonds is 3. The topological polar surface area (TPSA) is 73.0 Å². The number of fused-ring (bicyclic) bond motifs is 1. The number of carbonyl (C=O) groups excluding carboxylic acids is 3. The van der Waals surface area contributed by atoms with Gasteiger partial charge in [-0.05, 0) is 56.5 Å². The molecule has 35 heavy (non-hydrogen) atoms. The average Bonchev–Trinajstić information content (AvgIpc) is 2.87. The van der Waals surface area contributed by atoms with Crippen LogP contribution in [0, 0.1) is 12.8 Å². The van der Waals surface area contributed by atoms with Crippen LogP contribution in [-0.4, -0.2) is 71.5 Å². The molecule has 7 nitrogen and oxygen atoms in total. The zero-order valence-corrected chi connectivity index (χ0v) is 21.1. The maximum absolute atomic E-state index is 13.3. The van der Waals surface area contributed by atoms with Crippen molar-refractivity contribution >= 4 is 40.9 Å². The van der Waals surface area contributed by atoms with E-state index in [4.69, 9.17) is 0 Å². The number of aryl methyl sites for hydroxylation is 1. The quantitative estimate of drug-likeness (QED) is 0.665. The maximum Gasteiger partial charge on any atom is 0.247 e. The monoisotopic (exact) mass is 492 g/mol. The second-order valence-electron chi connectivity index (χ2n) is 9.75. The molecule has 0 unspecified atom stereocenters. The minimum Gasteiger partial charge on any atom is -0.365 e. The van der Waals surface area contributed by atoms with Gasteiger partial charge in [0.05, 0.1) is 5.69 Å². The summed E-state index contributed by atoms with van der Waals surface area (Å²) in [5.41, 5.74) is 3.21. The highest BCUT2D eigenvalue weighted by atomic mass is 32.2. The average molecular weight is 493 g/mol. The third-order valence-corrected chi connectivity index (χ3v) is 8.54. The minimum atomic E-state index is -0.771. The molecular weight excluding hydrogens is 460 g/mol. The van der Waals surface area contributed by atoms with Crippen molar-refractivity contribution in [1.29, 1.82) is 0 Å². The molecule has 5 rings (SSSR count). The maximum atomic E-state index is 13.3. The second kappa shape index (κ2) is 9.93. The molecule has 0 radical (unpaired) electrons. The summed E-state index contributed by atoms with van der Waals surface area (Å²) >= 11 is 1.31. The zero-order chi connectivity index (χ0) is 24.5. The normalized spacial score (nSPS) is 23.0. The molecule has 2 atom stereocenters. The van der Waals surface area contributed by atoms with Gasteiger partial charge in [0.25, 0.3) is 0 Å². The van der Waals surface area contributed by atoms with Crippen LogP contribution >= 0.6 is 11.8 Å². The number of thioether (sulfide) groups is 1. The number of hydrogen-bond donors (Lipinski definition) is 1. The molecule has 1 N–H and O–H groups in total. The second-order valence-corrected chi connectivity index (χ2v) is 10.9. The summed E-state index contributed by atoms with van der Waals surface area (Å²) < 4.78 is 0. The number of anilines is 2. The molecule has 0 saturated carbocycles. The van der Waals surface area contributed by atoms with Gasteiger partial charge in [0, 0.05) is 55.3 Å². The fourth-order valence-electron chi connectivity index (χ4n) is 5.33. The number of nitrogens with one attached hydrogen (secondary N) is 1. The number of benzene rings is 2. The largest absolute Gasteiger partial charge is 0.365 e. The highest BCUT2D eigenvalue weighted by Gasteiger charge is 2.39. The van der Waals surface area contributed by atoms with E-state index in [0.717, 1.165) is 17.1 Å². The van der Waals surface area contributed by atoms with E-state index >= 15 is 0 Å². The Balaban J connectivity index is 1.15. The summed E-state index contributed by atoms with van der Waals surface area (Å²) in [6, 6.07) is 16.3. The van der Waals surface area contributed by atoms with Crippen LogP contribution in [0.5, 0.6) is 0 Å². The van der Waals surface area contributed by atoms with Gasteiger partial charge in [-0.3, -0.25) is 14.4 Å². The van der Waals surface area contributed by atoms with Crippen molar-refractivity contribution in [2.24, 2.45) is 5.92 Å². The first-order valence-corrected chi connectivity index (χ1v) is 13.3. The summed E-state index contributed by atoms with van der Waals surface area (Å²) in [6.45, 7) is 7.55. The van der Waals surface area contributed by atoms with Gasteiger partial charge in [-0.1, -0.05) is 24.3 Å². The number of amides is 3. The lowest BCUT2D eigenvalue weighted by molar-refractivity contribution is -0.142. The molecule has 3 heterocycles. The predicted octanol–water partition coefficient (Wildman–Crippen LogP) is 3.38. The fourth-order valence-corrected chi connectivity index (χ4v) is 6.41. The first-order valence-electron chi connectivity index (χ1n) is 12.4. The Morgan fingerprint density at radius 1 is 0.943 bits per heavy atom. The van der Waals surface area contributed by atoms with E-state index in [-0.39, 0.29) is 29.7 Å². The lowest BCUT2D eigenvalue weighted by atomic mass is 9.94. The molecule has 0 spiro atoms. The molecule has 3 aliphatic rings. The smallest absolute Gasteiger partial charge is 0.247 e. The van der Waals surface area contributed by atoms with Gasteiger partial charge in [0.15, 0.2) is 5.25 Å². The number of hydrogen-bond acceptors (Lipinski definition) is 5. The Labute approximate surface area is 210 Å². The van der Waals surface area contributed by atoms with Crippen LogP contribution in [0.3, 0.4) is 0 Å². The molecule has 2 aromatic carbocycles. The van der Waals surface area contributed by atoms with Crippen molar-refractivity contribution in [3.63, 3.8) is 0 Å². The van der Waals surface area contributed by atoms with Crippen molar-refractivity contribution in [3.8, 4) is 0 Å². The third kappa shape index (κ3) is 4.89. The lowest BCUT2D eigenvalue weighted by Crippen LogP contribution is -2.56. The fraction of sp³-hybridized carbons (Fsp3) is 0.444. The van der Waals surface area contributed by atoms with Crippen LogP contribution in [0.15, 0.2) is 53.4 Å². The molecule has 2 saturated heterocycles. The molecule has 0 aliphatic carbocycles. The summed E-state index contributed by atoms with van der Waals surface area (Å²) in [6.07, 6.45) is 1.29. The Bertz CT molecular complexity index is 1130. The molecule has 0 aromatic heterocycles. The van der Waals surface area contributed by atoms with Crippen LogP contribution in [0.1, 0.15) is 25.3 Å². The van der Waals surface area contributed by atoms with Gasteiger partial charge in [0.1, 0.15) is 0 Å². The van der Waals surface area contributed by atoms with Crippen molar-refractivity contribution < 1.29 is 14.4 Å². The van der Waals surface area contributed by atoms with Gasteiger partial charge in [-0.25, -0.2) is 0 Å². The van der Waals surface area contributed by atoms with E-state index in [2.05, 4.69) is 48.3 Å².